The van der Waals surface area contributed by atoms with Crippen molar-refractivity contribution in [3.63, 3.8) is 0 Å². The highest BCUT2D eigenvalue weighted by molar-refractivity contribution is 9.10. The molecule has 1 fully saturated rings. The van der Waals surface area contributed by atoms with Gasteiger partial charge in [0.25, 0.3) is 0 Å². The Morgan fingerprint density at radius 1 is 1.50 bits per heavy atom. The maximum atomic E-state index is 13.2. The number of rotatable bonds is 5. The van der Waals surface area contributed by atoms with Gasteiger partial charge in [-0.1, -0.05) is 12.1 Å². The summed E-state index contributed by atoms with van der Waals surface area (Å²) >= 11 is 3.21. The molecule has 1 atom stereocenters. The fourth-order valence-electron chi connectivity index (χ4n) is 1.69. The van der Waals surface area contributed by atoms with Crippen molar-refractivity contribution >= 4 is 15.9 Å². The number of halogens is 2. The molecule has 2 nitrogen and oxygen atoms in total. The first-order valence-corrected chi connectivity index (χ1v) is 6.29. The van der Waals surface area contributed by atoms with Gasteiger partial charge in [-0.25, -0.2) is 4.39 Å². The van der Waals surface area contributed by atoms with Crippen LogP contribution in [0.15, 0.2) is 22.7 Å². The molecule has 1 saturated carbocycles. The molecule has 1 aromatic rings. The second-order valence-electron chi connectivity index (χ2n) is 4.25. The van der Waals surface area contributed by atoms with E-state index < -0.39 is 0 Å². The molecule has 1 aliphatic rings. The Kier molecular flexibility index (Phi) is 3.95. The second kappa shape index (κ2) is 5.25. The quantitative estimate of drug-likeness (QED) is 0.872. The lowest BCUT2D eigenvalue weighted by Crippen LogP contribution is -2.27. The third kappa shape index (κ3) is 3.03. The molecule has 0 aromatic heterocycles. The van der Waals surface area contributed by atoms with Crippen molar-refractivity contribution in [1.29, 1.82) is 0 Å². The highest BCUT2D eigenvalue weighted by atomic mass is 79.9. The van der Waals surface area contributed by atoms with Crippen LogP contribution in [0, 0.1) is 11.7 Å². The number of hydrogen-bond acceptors (Lipinski definition) is 2. The van der Waals surface area contributed by atoms with Crippen molar-refractivity contribution in [3.05, 3.63) is 34.1 Å². The van der Waals surface area contributed by atoms with Crippen LogP contribution in [0.4, 0.5) is 4.39 Å². The molecule has 0 radical (unpaired) electrons. The third-order valence-corrected chi connectivity index (χ3v) is 3.75. The lowest BCUT2D eigenvalue weighted by atomic mass is 10.2. The Morgan fingerprint density at radius 2 is 2.25 bits per heavy atom. The Bertz CT molecular complexity index is 368. The van der Waals surface area contributed by atoms with Crippen LogP contribution in [-0.2, 0) is 6.54 Å². The van der Waals surface area contributed by atoms with Crippen molar-refractivity contribution in [2.75, 3.05) is 6.54 Å². The van der Waals surface area contributed by atoms with E-state index in [9.17, 15) is 9.50 Å². The summed E-state index contributed by atoms with van der Waals surface area (Å²) in [5, 5.41) is 12.8. The molecular weight excluding hydrogens is 273 g/mol. The Balaban J connectivity index is 1.82. The monoisotopic (exact) mass is 287 g/mol. The minimum Gasteiger partial charge on any atom is -0.392 e. The van der Waals surface area contributed by atoms with Gasteiger partial charge in [0.1, 0.15) is 5.82 Å². The van der Waals surface area contributed by atoms with Crippen molar-refractivity contribution in [3.8, 4) is 0 Å². The SMILES string of the molecule is OC(CNCc1cccc(F)c1Br)C1CC1. The first kappa shape index (κ1) is 12.0. The molecule has 1 aromatic carbocycles. The van der Waals surface area contributed by atoms with Crippen molar-refractivity contribution in [2.45, 2.75) is 25.5 Å². The van der Waals surface area contributed by atoms with Crippen LogP contribution in [-0.4, -0.2) is 17.8 Å². The molecule has 0 heterocycles. The van der Waals surface area contributed by atoms with Crippen molar-refractivity contribution in [2.24, 2.45) is 5.92 Å². The summed E-state index contributed by atoms with van der Waals surface area (Å²) in [6, 6.07) is 4.98. The van der Waals surface area contributed by atoms with Gasteiger partial charge in [0, 0.05) is 13.1 Å². The van der Waals surface area contributed by atoms with E-state index in [-0.39, 0.29) is 11.9 Å². The van der Waals surface area contributed by atoms with E-state index in [2.05, 4.69) is 21.2 Å². The molecule has 0 amide bonds. The van der Waals surface area contributed by atoms with Crippen LogP contribution in [0.25, 0.3) is 0 Å². The van der Waals surface area contributed by atoms with E-state index in [0.29, 0.717) is 23.5 Å². The predicted octanol–water partition coefficient (Wildman–Crippen LogP) is 2.45. The van der Waals surface area contributed by atoms with Crippen LogP contribution >= 0.6 is 15.9 Å². The third-order valence-electron chi connectivity index (χ3n) is 2.87. The van der Waals surface area contributed by atoms with Gasteiger partial charge in [-0.15, -0.1) is 0 Å². The lowest BCUT2D eigenvalue weighted by Gasteiger charge is -2.11. The van der Waals surface area contributed by atoms with E-state index >= 15 is 0 Å². The summed E-state index contributed by atoms with van der Waals surface area (Å²) in [7, 11) is 0. The van der Waals surface area contributed by atoms with Crippen LogP contribution in [0.1, 0.15) is 18.4 Å². The average Bonchev–Trinajstić information content (AvgIpc) is 3.07. The number of nitrogens with one attached hydrogen (secondary N) is 1. The minimum atomic E-state index is -0.257. The van der Waals surface area contributed by atoms with Gasteiger partial charge in [-0.05, 0) is 46.3 Å². The van der Waals surface area contributed by atoms with Gasteiger partial charge < -0.3 is 10.4 Å². The zero-order chi connectivity index (χ0) is 11.5. The van der Waals surface area contributed by atoms with E-state index in [1.165, 1.54) is 6.07 Å². The standard InChI is InChI=1S/C12H15BrFNO/c13-12-9(2-1-3-10(12)14)6-15-7-11(16)8-4-5-8/h1-3,8,11,15-16H,4-7H2. The molecule has 2 N–H and O–H groups in total. The smallest absolute Gasteiger partial charge is 0.137 e. The topological polar surface area (TPSA) is 32.3 Å². The van der Waals surface area contributed by atoms with E-state index in [0.717, 1.165) is 18.4 Å². The summed E-state index contributed by atoms with van der Waals surface area (Å²) < 4.78 is 13.7. The fourth-order valence-corrected chi connectivity index (χ4v) is 2.09. The second-order valence-corrected chi connectivity index (χ2v) is 5.04. The molecule has 88 valence electrons. The molecule has 16 heavy (non-hydrogen) atoms. The van der Waals surface area contributed by atoms with Crippen LogP contribution in [0.2, 0.25) is 0 Å². The lowest BCUT2D eigenvalue weighted by molar-refractivity contribution is 0.148. The zero-order valence-corrected chi connectivity index (χ0v) is 10.5. The van der Waals surface area contributed by atoms with Crippen molar-refractivity contribution in [1.82, 2.24) is 5.32 Å². The molecule has 0 aliphatic heterocycles. The Morgan fingerprint density at radius 3 is 2.94 bits per heavy atom. The predicted molar refractivity (Wildman–Crippen MR) is 64.5 cm³/mol. The number of benzene rings is 1. The van der Waals surface area contributed by atoms with Crippen LogP contribution in [0.5, 0.6) is 0 Å². The van der Waals surface area contributed by atoms with Gasteiger partial charge in [-0.3, -0.25) is 0 Å². The largest absolute Gasteiger partial charge is 0.392 e. The van der Waals surface area contributed by atoms with Gasteiger partial charge in [-0.2, -0.15) is 0 Å². The maximum absolute atomic E-state index is 13.2. The van der Waals surface area contributed by atoms with Gasteiger partial charge in [0.05, 0.1) is 10.6 Å². The highest BCUT2D eigenvalue weighted by Gasteiger charge is 2.29. The molecule has 1 aliphatic carbocycles. The van der Waals surface area contributed by atoms with Crippen LogP contribution < -0.4 is 5.32 Å². The van der Waals surface area contributed by atoms with Gasteiger partial charge >= 0.3 is 0 Å². The summed E-state index contributed by atoms with van der Waals surface area (Å²) in [6.07, 6.45) is 2.01. The molecule has 4 heteroatoms. The number of aliphatic hydroxyl groups is 1. The van der Waals surface area contributed by atoms with Gasteiger partial charge in [0.15, 0.2) is 0 Å². The normalized spacial score (nSPS) is 17.4. The first-order valence-electron chi connectivity index (χ1n) is 5.50. The minimum absolute atomic E-state index is 0.248. The molecule has 2 rings (SSSR count). The molecule has 0 bridgehead atoms. The molecular formula is C12H15BrFNO. The summed E-state index contributed by atoms with van der Waals surface area (Å²) in [5.41, 5.74) is 0.878. The fraction of sp³-hybridized carbons (Fsp3) is 0.500. The van der Waals surface area contributed by atoms with Crippen molar-refractivity contribution < 1.29 is 9.50 Å². The molecule has 0 saturated heterocycles. The molecule has 1 unspecified atom stereocenters. The van der Waals surface area contributed by atoms with Crippen LogP contribution in [0.3, 0.4) is 0 Å². The Labute approximate surface area is 103 Å². The highest BCUT2D eigenvalue weighted by Crippen LogP contribution is 2.32. The number of aliphatic hydroxyl groups excluding tert-OH is 1. The summed E-state index contributed by atoms with van der Waals surface area (Å²) in [4.78, 5) is 0. The summed E-state index contributed by atoms with van der Waals surface area (Å²) in [6.45, 7) is 1.15. The Hall–Kier alpha value is -0.450. The van der Waals surface area contributed by atoms with E-state index in [4.69, 9.17) is 0 Å². The number of hydrogen-bond donors (Lipinski definition) is 2. The zero-order valence-electron chi connectivity index (χ0n) is 8.92. The summed E-state index contributed by atoms with van der Waals surface area (Å²) in [5.74, 6) is 0.227. The first-order chi connectivity index (χ1) is 7.68. The maximum Gasteiger partial charge on any atom is 0.137 e. The average molecular weight is 288 g/mol. The van der Waals surface area contributed by atoms with E-state index in [1.807, 2.05) is 6.07 Å². The molecule has 0 spiro atoms. The van der Waals surface area contributed by atoms with Gasteiger partial charge in [0.2, 0.25) is 0 Å². The van der Waals surface area contributed by atoms with E-state index in [1.54, 1.807) is 6.07 Å².